The Labute approximate surface area is 232 Å². The van der Waals surface area contributed by atoms with Crippen LogP contribution in [-0.4, -0.2) is 65.7 Å². The van der Waals surface area contributed by atoms with Crippen LogP contribution in [0.3, 0.4) is 0 Å². The largest absolute Gasteiger partial charge is 0.412 e. The third kappa shape index (κ3) is 5.22. The molecule has 7 atom stereocenters. The minimum Gasteiger partial charge on any atom is -0.412 e. The Morgan fingerprint density at radius 2 is 1.71 bits per heavy atom. The Bertz CT molecular complexity index is 986. The van der Waals surface area contributed by atoms with E-state index in [1.165, 1.54) is 5.57 Å². The van der Waals surface area contributed by atoms with E-state index in [0.717, 1.165) is 49.9 Å². The van der Waals surface area contributed by atoms with Gasteiger partial charge in [0.1, 0.15) is 25.5 Å². The lowest BCUT2D eigenvalue weighted by Gasteiger charge is -2.62. The number of oxime groups is 2. The average Bonchev–Trinajstić information content (AvgIpc) is 3.07. The zero-order valence-electron chi connectivity index (χ0n) is 25.5. The molecule has 1 N–H and O–H groups in total. The molecule has 0 bridgehead atoms. The molecule has 4 aliphatic rings. The van der Waals surface area contributed by atoms with Crippen LogP contribution >= 0.6 is 0 Å². The van der Waals surface area contributed by atoms with Gasteiger partial charge in [-0.25, -0.2) is 0 Å². The van der Waals surface area contributed by atoms with Crippen LogP contribution in [0.4, 0.5) is 0 Å². The van der Waals surface area contributed by atoms with Gasteiger partial charge in [0.2, 0.25) is 0 Å². The zero-order valence-corrected chi connectivity index (χ0v) is 27.5. The monoisotopic (exact) mass is 564 g/mol. The Morgan fingerprint density at radius 3 is 2.32 bits per heavy atom. The van der Waals surface area contributed by atoms with Gasteiger partial charge in [-0.2, -0.15) is 0 Å². The Hall–Kier alpha value is -1.01. The molecule has 0 saturated heterocycles. The number of rotatable bonds is 8. The highest BCUT2D eigenvalue weighted by atomic mass is 28.4. The first-order valence-electron chi connectivity index (χ1n) is 14.5. The molecule has 38 heavy (non-hydrogen) atoms. The molecule has 0 aromatic heterocycles. The van der Waals surface area contributed by atoms with Crippen molar-refractivity contribution in [2.45, 2.75) is 110 Å². The third-order valence-electron chi connectivity index (χ3n) is 10.0. The van der Waals surface area contributed by atoms with Crippen LogP contribution in [0, 0.1) is 28.6 Å². The van der Waals surface area contributed by atoms with E-state index in [4.69, 9.17) is 18.5 Å². The molecule has 0 unspecified atom stereocenters. The zero-order chi connectivity index (χ0) is 28.1. The van der Waals surface area contributed by atoms with Crippen LogP contribution in [0.2, 0.25) is 39.3 Å². The van der Waals surface area contributed by atoms with Gasteiger partial charge >= 0.3 is 0 Å². The van der Waals surface area contributed by atoms with E-state index in [-0.39, 0.29) is 16.7 Å². The summed E-state index contributed by atoms with van der Waals surface area (Å²) in [6.07, 6.45) is 8.60. The summed E-state index contributed by atoms with van der Waals surface area (Å²) in [6.45, 7) is 18.6. The fourth-order valence-electron chi connectivity index (χ4n) is 8.71. The standard InChI is InChI=1S/C29H52N2O5Si2/c1-27-15-13-21(30-33-3)17-20(27)11-12-22-23-14-16-29(36-38(8,9)10,28(23,2)18-24(32)26(22)27)25(31-34-4)19-35-37(5,6)7/h17,22-24,26,32H,11-16,18-19H2,1-10H3/b30-21-,31-25-/t22-,23-,24-,26+,27-,28-,29-/m0/s1. The van der Waals surface area contributed by atoms with E-state index in [2.05, 4.69) is 69.5 Å². The molecule has 216 valence electrons. The van der Waals surface area contributed by atoms with Crippen molar-refractivity contribution in [1.82, 2.24) is 0 Å². The van der Waals surface area contributed by atoms with Gasteiger partial charge in [0.15, 0.2) is 16.6 Å². The molecule has 3 fully saturated rings. The fourth-order valence-corrected chi connectivity index (χ4v) is 10.8. The quantitative estimate of drug-likeness (QED) is 0.211. The molecule has 0 amide bonds. The molecule has 0 aromatic carbocycles. The predicted octanol–water partition coefficient (Wildman–Crippen LogP) is 6.37. The number of allylic oxidation sites excluding steroid dienone is 2. The van der Waals surface area contributed by atoms with Gasteiger partial charge in [-0.3, -0.25) is 0 Å². The summed E-state index contributed by atoms with van der Waals surface area (Å²) in [5.41, 5.74) is 2.50. The number of nitrogens with zero attached hydrogens (tertiary/aromatic N) is 2. The number of hydrogen-bond acceptors (Lipinski definition) is 7. The van der Waals surface area contributed by atoms with E-state index in [9.17, 15) is 5.11 Å². The summed E-state index contributed by atoms with van der Waals surface area (Å²) in [4.78, 5) is 10.6. The van der Waals surface area contributed by atoms with Gasteiger partial charge in [-0.15, -0.1) is 0 Å². The lowest BCUT2D eigenvalue weighted by atomic mass is 9.45. The first-order valence-corrected chi connectivity index (χ1v) is 21.4. The highest BCUT2D eigenvalue weighted by Gasteiger charge is 2.69. The minimum atomic E-state index is -2.01. The van der Waals surface area contributed by atoms with Gasteiger partial charge < -0.3 is 23.6 Å². The number of fused-ring (bicyclic) bond motifs is 5. The summed E-state index contributed by atoms with van der Waals surface area (Å²) < 4.78 is 13.7. The predicted molar refractivity (Wildman–Crippen MR) is 158 cm³/mol. The summed E-state index contributed by atoms with van der Waals surface area (Å²) in [7, 11) is -0.562. The van der Waals surface area contributed by atoms with E-state index in [1.54, 1.807) is 14.2 Å². The number of aliphatic hydroxyl groups excluding tert-OH is 1. The van der Waals surface area contributed by atoms with Crippen molar-refractivity contribution < 1.29 is 23.6 Å². The second kappa shape index (κ2) is 10.4. The van der Waals surface area contributed by atoms with Gasteiger partial charge in [0, 0.05) is 5.41 Å². The van der Waals surface area contributed by atoms with Crippen LogP contribution in [0.5, 0.6) is 0 Å². The van der Waals surface area contributed by atoms with Crippen molar-refractivity contribution in [2.75, 3.05) is 20.8 Å². The highest BCUT2D eigenvalue weighted by Crippen LogP contribution is 2.68. The fraction of sp³-hybridized carbons (Fsp3) is 0.862. The Balaban J connectivity index is 1.75. The number of hydrogen-bond donors (Lipinski definition) is 1. The van der Waals surface area contributed by atoms with E-state index >= 15 is 0 Å². The summed E-state index contributed by atoms with van der Waals surface area (Å²) >= 11 is 0. The van der Waals surface area contributed by atoms with Gasteiger partial charge in [0.05, 0.1) is 18.4 Å². The van der Waals surface area contributed by atoms with Crippen LogP contribution < -0.4 is 0 Å². The smallest absolute Gasteiger partial charge is 0.185 e. The summed E-state index contributed by atoms with van der Waals surface area (Å²) in [6, 6.07) is 0. The van der Waals surface area contributed by atoms with Crippen molar-refractivity contribution in [3.05, 3.63) is 11.6 Å². The van der Waals surface area contributed by atoms with Crippen molar-refractivity contribution in [2.24, 2.45) is 38.9 Å². The first-order chi connectivity index (χ1) is 17.6. The molecule has 0 heterocycles. The van der Waals surface area contributed by atoms with E-state index in [1.807, 2.05) is 0 Å². The molecular weight excluding hydrogens is 513 g/mol. The van der Waals surface area contributed by atoms with Crippen molar-refractivity contribution >= 4 is 28.1 Å². The van der Waals surface area contributed by atoms with Crippen LogP contribution in [0.15, 0.2) is 22.0 Å². The lowest BCUT2D eigenvalue weighted by molar-refractivity contribution is -0.148. The van der Waals surface area contributed by atoms with E-state index in [0.29, 0.717) is 24.9 Å². The topological polar surface area (TPSA) is 81.9 Å². The summed E-state index contributed by atoms with van der Waals surface area (Å²) in [5, 5.41) is 20.9. The van der Waals surface area contributed by atoms with Crippen LogP contribution in [-0.2, 0) is 18.5 Å². The minimum absolute atomic E-state index is 0.00823. The molecular formula is C29H52N2O5Si2. The maximum absolute atomic E-state index is 12.1. The van der Waals surface area contributed by atoms with Crippen LogP contribution in [0.1, 0.15) is 58.8 Å². The molecule has 4 aliphatic carbocycles. The van der Waals surface area contributed by atoms with Crippen molar-refractivity contribution in [1.29, 1.82) is 0 Å². The molecule has 4 rings (SSSR count). The van der Waals surface area contributed by atoms with Crippen molar-refractivity contribution in [3.8, 4) is 0 Å². The SMILES string of the molecule is CO/N=C1\C=C2CC[C@@H]3[C@H]([C@@H](O)C[C@@]4(C)[C@H]3CC[C@]4(O[Si](C)(C)C)/C(CO[Si](C)(C)C)=N\OC)[C@@]2(C)CC1. The Kier molecular flexibility index (Phi) is 8.23. The maximum Gasteiger partial charge on any atom is 0.185 e. The maximum atomic E-state index is 12.1. The Morgan fingerprint density at radius 1 is 1.00 bits per heavy atom. The summed E-state index contributed by atoms with van der Waals surface area (Å²) in [5.74, 6) is 1.14. The average molecular weight is 565 g/mol. The molecule has 3 saturated carbocycles. The third-order valence-corrected chi connectivity index (χ3v) is 12.0. The van der Waals surface area contributed by atoms with Gasteiger partial charge in [-0.05, 0) is 113 Å². The second-order valence-electron chi connectivity index (χ2n) is 14.6. The van der Waals surface area contributed by atoms with Crippen LogP contribution in [0.25, 0.3) is 0 Å². The van der Waals surface area contributed by atoms with E-state index < -0.39 is 28.3 Å². The first kappa shape index (κ1) is 30.0. The molecule has 0 aliphatic heterocycles. The van der Waals surface area contributed by atoms with Gasteiger partial charge in [0.25, 0.3) is 0 Å². The van der Waals surface area contributed by atoms with Crippen molar-refractivity contribution in [3.63, 3.8) is 0 Å². The highest BCUT2D eigenvalue weighted by molar-refractivity contribution is 6.70. The molecule has 0 spiro atoms. The number of aliphatic hydroxyl groups is 1. The molecule has 7 nitrogen and oxygen atoms in total. The normalized spacial score (nSPS) is 40.8. The lowest BCUT2D eigenvalue weighted by Crippen LogP contribution is -2.64. The molecule has 0 aromatic rings. The molecule has 0 radical (unpaired) electrons. The van der Waals surface area contributed by atoms with Gasteiger partial charge in [-0.1, -0.05) is 29.7 Å². The molecule has 9 heteroatoms. The second-order valence-corrected chi connectivity index (χ2v) is 23.5.